The Kier molecular flexibility index (Phi) is 6.34. The molecule has 156 valence electrons. The molecule has 2 aromatic heterocycles. The molecule has 31 heavy (non-hydrogen) atoms. The summed E-state index contributed by atoms with van der Waals surface area (Å²) >= 11 is 7.39. The normalized spacial score (nSPS) is 10.8. The zero-order chi connectivity index (χ0) is 21.8. The molecule has 0 aliphatic rings. The van der Waals surface area contributed by atoms with Crippen molar-refractivity contribution in [3.05, 3.63) is 83.1 Å². The van der Waals surface area contributed by atoms with Gasteiger partial charge in [-0.2, -0.15) is 0 Å². The highest BCUT2D eigenvalue weighted by atomic mass is 35.5. The molecule has 8 heteroatoms. The fourth-order valence-electron chi connectivity index (χ4n) is 3.13. The molecule has 0 spiro atoms. The maximum Gasteiger partial charge on any atom is 0.234 e. The minimum absolute atomic E-state index is 0.139. The second kappa shape index (κ2) is 9.32. The van der Waals surface area contributed by atoms with Crippen LogP contribution in [0.3, 0.4) is 0 Å². The fraction of sp³-hybridized carbons (Fsp3) is 0.130. The van der Waals surface area contributed by atoms with Crippen LogP contribution >= 0.6 is 23.4 Å². The maximum absolute atomic E-state index is 12.6. The number of amides is 1. The fourth-order valence-corrected chi connectivity index (χ4v) is 4.05. The van der Waals surface area contributed by atoms with Gasteiger partial charge < -0.3 is 5.32 Å². The molecule has 4 rings (SSSR count). The van der Waals surface area contributed by atoms with Crippen molar-refractivity contribution in [3.63, 3.8) is 0 Å². The van der Waals surface area contributed by atoms with E-state index in [2.05, 4.69) is 20.5 Å². The molecule has 0 atom stereocenters. The standard InChI is InChI=1S/C23H20ClN5OS/c1-15-7-8-18(24)13-19(15)26-21(30)14-31-23-28-27-22(17-9-11-25-12-10-17)29(23)20-6-4-3-5-16(20)2/h3-13H,14H2,1-2H3,(H,26,30). The predicted octanol–water partition coefficient (Wildman–Crippen LogP) is 5.33. The van der Waals surface area contributed by atoms with Crippen LogP contribution in [-0.4, -0.2) is 31.4 Å². The summed E-state index contributed by atoms with van der Waals surface area (Å²) in [5.74, 6) is 0.747. The molecule has 0 radical (unpaired) electrons. The number of hydrogen-bond acceptors (Lipinski definition) is 5. The van der Waals surface area contributed by atoms with Crippen LogP contribution in [0.5, 0.6) is 0 Å². The van der Waals surface area contributed by atoms with Crippen LogP contribution in [0.2, 0.25) is 5.02 Å². The first-order valence-corrected chi connectivity index (χ1v) is 11.0. The summed E-state index contributed by atoms with van der Waals surface area (Å²) in [6.45, 7) is 3.96. The van der Waals surface area contributed by atoms with E-state index in [-0.39, 0.29) is 11.7 Å². The second-order valence-corrected chi connectivity index (χ2v) is 8.34. The highest BCUT2D eigenvalue weighted by Gasteiger charge is 2.18. The van der Waals surface area contributed by atoms with Crippen molar-refractivity contribution in [1.82, 2.24) is 19.7 Å². The van der Waals surface area contributed by atoms with Gasteiger partial charge in [0.15, 0.2) is 11.0 Å². The average molecular weight is 450 g/mol. The van der Waals surface area contributed by atoms with Crippen LogP contribution < -0.4 is 5.32 Å². The van der Waals surface area contributed by atoms with E-state index < -0.39 is 0 Å². The van der Waals surface area contributed by atoms with Gasteiger partial charge in [0.1, 0.15) is 0 Å². The van der Waals surface area contributed by atoms with Crippen LogP contribution in [-0.2, 0) is 4.79 Å². The molecule has 0 aliphatic heterocycles. The lowest BCUT2D eigenvalue weighted by Crippen LogP contribution is -2.15. The quantitative estimate of drug-likeness (QED) is 0.403. The van der Waals surface area contributed by atoms with E-state index in [0.29, 0.717) is 21.7 Å². The molecule has 0 aliphatic carbocycles. The number of thioether (sulfide) groups is 1. The van der Waals surface area contributed by atoms with Gasteiger partial charge >= 0.3 is 0 Å². The molecule has 0 fully saturated rings. The van der Waals surface area contributed by atoms with Crippen LogP contribution in [0.1, 0.15) is 11.1 Å². The summed E-state index contributed by atoms with van der Waals surface area (Å²) in [5.41, 5.74) is 4.60. The molecule has 0 bridgehead atoms. The Morgan fingerprint density at radius 3 is 2.58 bits per heavy atom. The third-order valence-corrected chi connectivity index (χ3v) is 5.90. The van der Waals surface area contributed by atoms with E-state index in [0.717, 1.165) is 22.4 Å². The third kappa shape index (κ3) is 4.78. The van der Waals surface area contributed by atoms with E-state index >= 15 is 0 Å². The van der Waals surface area contributed by atoms with Crippen molar-refractivity contribution in [3.8, 4) is 17.1 Å². The summed E-state index contributed by atoms with van der Waals surface area (Å²) in [4.78, 5) is 16.7. The molecule has 4 aromatic rings. The number of aryl methyl sites for hydroxylation is 2. The van der Waals surface area contributed by atoms with Crippen molar-refractivity contribution < 1.29 is 4.79 Å². The molecule has 6 nitrogen and oxygen atoms in total. The van der Waals surface area contributed by atoms with E-state index in [1.807, 2.05) is 60.9 Å². The van der Waals surface area contributed by atoms with Gasteiger partial charge in [0.05, 0.1) is 11.4 Å². The number of pyridine rings is 1. The number of para-hydroxylation sites is 1. The van der Waals surface area contributed by atoms with Gasteiger partial charge in [-0.25, -0.2) is 0 Å². The van der Waals surface area contributed by atoms with E-state index in [9.17, 15) is 4.79 Å². The minimum atomic E-state index is -0.139. The molecular formula is C23H20ClN5OS. The van der Waals surface area contributed by atoms with Gasteiger partial charge in [-0.1, -0.05) is 47.6 Å². The molecule has 1 amide bonds. The van der Waals surface area contributed by atoms with Crippen LogP contribution in [0, 0.1) is 13.8 Å². The Bertz CT molecular complexity index is 1230. The molecule has 0 unspecified atom stereocenters. The van der Waals surface area contributed by atoms with Crippen molar-refractivity contribution >= 4 is 35.0 Å². The number of nitrogens with one attached hydrogen (secondary N) is 1. The number of benzene rings is 2. The topological polar surface area (TPSA) is 72.7 Å². The van der Waals surface area contributed by atoms with Crippen LogP contribution in [0.15, 0.2) is 72.1 Å². The lowest BCUT2D eigenvalue weighted by Gasteiger charge is -2.13. The third-order valence-electron chi connectivity index (χ3n) is 4.73. The minimum Gasteiger partial charge on any atom is -0.325 e. The van der Waals surface area contributed by atoms with E-state index in [4.69, 9.17) is 11.6 Å². The Labute approximate surface area is 189 Å². The van der Waals surface area contributed by atoms with Gasteiger partial charge in [0, 0.05) is 28.7 Å². The Morgan fingerprint density at radius 2 is 1.81 bits per heavy atom. The smallest absolute Gasteiger partial charge is 0.234 e. The number of aromatic nitrogens is 4. The van der Waals surface area contributed by atoms with Crippen molar-refractivity contribution in [1.29, 1.82) is 0 Å². The lowest BCUT2D eigenvalue weighted by molar-refractivity contribution is -0.113. The van der Waals surface area contributed by atoms with Gasteiger partial charge in [0.2, 0.25) is 5.91 Å². The number of rotatable bonds is 6. The van der Waals surface area contributed by atoms with Gasteiger partial charge in [0.25, 0.3) is 0 Å². The zero-order valence-corrected chi connectivity index (χ0v) is 18.6. The summed E-state index contributed by atoms with van der Waals surface area (Å²) < 4.78 is 1.98. The Morgan fingerprint density at radius 1 is 1.03 bits per heavy atom. The largest absolute Gasteiger partial charge is 0.325 e. The zero-order valence-electron chi connectivity index (χ0n) is 17.0. The van der Waals surface area contributed by atoms with Crippen molar-refractivity contribution in [2.24, 2.45) is 0 Å². The Hall–Kier alpha value is -3.16. The van der Waals surface area contributed by atoms with E-state index in [1.54, 1.807) is 24.5 Å². The van der Waals surface area contributed by atoms with Crippen molar-refractivity contribution in [2.45, 2.75) is 19.0 Å². The first-order valence-electron chi connectivity index (χ1n) is 9.63. The highest BCUT2D eigenvalue weighted by Crippen LogP contribution is 2.29. The van der Waals surface area contributed by atoms with Crippen LogP contribution in [0.4, 0.5) is 5.69 Å². The molecule has 0 saturated heterocycles. The molecule has 2 aromatic carbocycles. The first-order chi connectivity index (χ1) is 15.0. The number of anilines is 1. The van der Waals surface area contributed by atoms with E-state index in [1.165, 1.54) is 11.8 Å². The number of carbonyl (C=O) groups is 1. The summed E-state index contributed by atoms with van der Waals surface area (Å²) in [7, 11) is 0. The predicted molar refractivity (Wildman–Crippen MR) is 125 cm³/mol. The number of hydrogen-bond donors (Lipinski definition) is 1. The number of nitrogens with zero attached hydrogens (tertiary/aromatic N) is 4. The SMILES string of the molecule is Cc1ccc(Cl)cc1NC(=O)CSc1nnc(-c2ccncc2)n1-c1ccccc1C. The second-order valence-electron chi connectivity index (χ2n) is 6.96. The summed E-state index contributed by atoms with van der Waals surface area (Å²) in [6, 6.07) is 17.2. The summed E-state index contributed by atoms with van der Waals surface area (Å²) in [6.07, 6.45) is 3.44. The maximum atomic E-state index is 12.6. The number of carbonyl (C=O) groups excluding carboxylic acids is 1. The highest BCUT2D eigenvalue weighted by molar-refractivity contribution is 7.99. The van der Waals surface area contributed by atoms with Gasteiger partial charge in [-0.15, -0.1) is 10.2 Å². The molecule has 2 heterocycles. The molecule has 0 saturated carbocycles. The first kappa shape index (κ1) is 21.1. The lowest BCUT2D eigenvalue weighted by atomic mass is 10.2. The average Bonchev–Trinajstić information content (AvgIpc) is 3.19. The van der Waals surface area contributed by atoms with Crippen LogP contribution in [0.25, 0.3) is 17.1 Å². The summed E-state index contributed by atoms with van der Waals surface area (Å²) in [5, 5.41) is 12.9. The monoisotopic (exact) mass is 449 g/mol. The molecular weight excluding hydrogens is 430 g/mol. The van der Waals surface area contributed by atoms with Crippen molar-refractivity contribution in [2.75, 3.05) is 11.1 Å². The Balaban J connectivity index is 1.61. The van der Waals surface area contributed by atoms with Gasteiger partial charge in [-0.3, -0.25) is 14.3 Å². The number of halogens is 1. The molecule has 1 N–H and O–H groups in total. The van der Waals surface area contributed by atoms with Gasteiger partial charge in [-0.05, 0) is 55.3 Å².